The van der Waals surface area contributed by atoms with Crippen LogP contribution in [0.4, 0.5) is 0 Å². The number of nitrogens with zero attached hydrogens (tertiary/aromatic N) is 3. The van der Waals surface area contributed by atoms with Gasteiger partial charge >= 0.3 is 0 Å². The number of hydrogen-bond acceptors (Lipinski definition) is 9. The Morgan fingerprint density at radius 3 is 2.39 bits per heavy atom. The third-order valence-electron chi connectivity index (χ3n) is 4.21. The van der Waals surface area contributed by atoms with Gasteiger partial charge in [0.15, 0.2) is 0 Å². The standard InChI is InChI=1S/C20H20N8S.CH3N/c21-7-15(8-22)14-5-13-6-17(1-2-18(13)26-11-14)29-12-28-20(25)4-3-19(27-28)16(9-23)10-24;1-2/h1-11,21,23,25H,12,22,24H2;2H,1H2/b15-8+,16-10+,21-7?,23-9?,25-20?;. The third-order valence-corrected chi connectivity index (χ3v) is 5.17. The van der Waals surface area contributed by atoms with Gasteiger partial charge in [0.1, 0.15) is 5.49 Å². The zero-order valence-corrected chi connectivity index (χ0v) is 17.5. The Morgan fingerprint density at radius 2 is 1.74 bits per heavy atom. The second-order valence-electron chi connectivity index (χ2n) is 5.99. The molecule has 0 atom stereocenters. The van der Waals surface area contributed by atoms with Crippen molar-refractivity contribution in [1.82, 2.24) is 14.8 Å². The Hall–Kier alpha value is -4.05. The van der Waals surface area contributed by atoms with Crippen molar-refractivity contribution in [2.24, 2.45) is 11.5 Å². The van der Waals surface area contributed by atoms with Gasteiger partial charge in [0, 0.05) is 58.0 Å². The first-order valence-electron chi connectivity index (χ1n) is 8.96. The zero-order chi connectivity index (χ0) is 22.8. The van der Waals surface area contributed by atoms with Gasteiger partial charge in [-0.2, -0.15) is 5.10 Å². The average Bonchev–Trinajstić information content (AvgIpc) is 2.81. The molecule has 2 heterocycles. The quantitative estimate of drug-likeness (QED) is 0.247. The predicted octanol–water partition coefficient (Wildman–Crippen LogP) is 2.82. The Balaban J connectivity index is 0.00000166. The maximum absolute atomic E-state index is 8.07. The lowest BCUT2D eigenvalue weighted by atomic mass is 10.1. The van der Waals surface area contributed by atoms with Crippen LogP contribution in [0.1, 0.15) is 11.3 Å². The summed E-state index contributed by atoms with van der Waals surface area (Å²) in [6.45, 7) is 2.50. The number of hydrogen-bond donors (Lipinski definition) is 6. The summed E-state index contributed by atoms with van der Waals surface area (Å²) < 4.78 is 1.55. The van der Waals surface area contributed by atoms with E-state index in [2.05, 4.69) is 16.8 Å². The highest BCUT2D eigenvalue weighted by atomic mass is 32.2. The number of allylic oxidation sites excluding steroid dienone is 2. The monoisotopic (exact) mass is 433 g/mol. The van der Waals surface area contributed by atoms with Gasteiger partial charge in [0.25, 0.3) is 0 Å². The van der Waals surface area contributed by atoms with Crippen LogP contribution in [0.15, 0.2) is 59.9 Å². The van der Waals surface area contributed by atoms with Gasteiger partial charge in [-0.1, -0.05) is 0 Å². The zero-order valence-electron chi connectivity index (χ0n) is 16.7. The van der Waals surface area contributed by atoms with Crippen molar-refractivity contribution in [2.75, 3.05) is 0 Å². The predicted molar refractivity (Wildman–Crippen MR) is 127 cm³/mol. The molecule has 0 saturated carbocycles. The van der Waals surface area contributed by atoms with E-state index in [0.29, 0.717) is 22.7 Å². The molecule has 3 rings (SSSR count). The lowest BCUT2D eigenvalue weighted by Crippen LogP contribution is -2.22. The molecule has 0 radical (unpaired) electrons. The molecule has 0 bridgehead atoms. The van der Waals surface area contributed by atoms with Gasteiger partial charge < -0.3 is 27.7 Å². The number of pyridine rings is 1. The highest BCUT2D eigenvalue weighted by Crippen LogP contribution is 2.25. The maximum Gasteiger partial charge on any atom is 0.142 e. The van der Waals surface area contributed by atoms with Crippen LogP contribution in [0.2, 0.25) is 0 Å². The summed E-state index contributed by atoms with van der Waals surface area (Å²) >= 11 is 1.52. The molecule has 10 heteroatoms. The number of benzene rings is 1. The summed E-state index contributed by atoms with van der Waals surface area (Å²) in [5.74, 6) is 0.426. The van der Waals surface area contributed by atoms with E-state index in [0.717, 1.165) is 27.6 Å². The van der Waals surface area contributed by atoms with Gasteiger partial charge in [0.05, 0.1) is 17.1 Å². The number of nitrogens with two attached hydrogens (primary N) is 2. The van der Waals surface area contributed by atoms with Crippen LogP contribution >= 0.6 is 11.8 Å². The lowest BCUT2D eigenvalue weighted by Gasteiger charge is -2.09. The normalized spacial score (nSPS) is 11.5. The number of nitrogens with one attached hydrogen (secondary N) is 4. The van der Waals surface area contributed by atoms with E-state index in [1.54, 1.807) is 23.0 Å². The van der Waals surface area contributed by atoms with E-state index in [1.807, 2.05) is 24.3 Å². The van der Waals surface area contributed by atoms with Gasteiger partial charge in [0.2, 0.25) is 0 Å². The number of rotatable bonds is 7. The summed E-state index contributed by atoms with van der Waals surface area (Å²) in [5.41, 5.74) is 14.6. The lowest BCUT2D eigenvalue weighted by molar-refractivity contribution is 0.664. The number of thioether (sulfide) groups is 1. The van der Waals surface area contributed by atoms with Crippen LogP contribution < -0.4 is 17.0 Å². The van der Waals surface area contributed by atoms with Gasteiger partial charge in [-0.15, -0.1) is 11.8 Å². The molecule has 3 aromatic rings. The summed E-state index contributed by atoms with van der Waals surface area (Å²) in [7, 11) is 0. The first-order chi connectivity index (χ1) is 15.1. The van der Waals surface area contributed by atoms with Crippen LogP contribution in [0.5, 0.6) is 0 Å². The van der Waals surface area contributed by atoms with Crippen molar-refractivity contribution in [3.8, 4) is 0 Å². The summed E-state index contributed by atoms with van der Waals surface area (Å²) in [6.07, 6.45) is 6.74. The Kier molecular flexibility index (Phi) is 8.41. The molecule has 158 valence electrons. The van der Waals surface area contributed by atoms with Crippen molar-refractivity contribution in [1.29, 1.82) is 21.6 Å². The molecule has 31 heavy (non-hydrogen) atoms. The van der Waals surface area contributed by atoms with E-state index in [4.69, 9.17) is 33.1 Å². The molecule has 0 fully saturated rings. The van der Waals surface area contributed by atoms with Crippen LogP contribution in [-0.2, 0) is 5.88 Å². The molecule has 0 saturated heterocycles. The van der Waals surface area contributed by atoms with E-state index < -0.39 is 0 Å². The summed E-state index contributed by atoms with van der Waals surface area (Å²) in [4.78, 5) is 5.42. The first-order valence-corrected chi connectivity index (χ1v) is 9.94. The van der Waals surface area contributed by atoms with E-state index in [-0.39, 0.29) is 5.49 Å². The summed E-state index contributed by atoms with van der Waals surface area (Å²) in [6, 6.07) is 11.1. The van der Waals surface area contributed by atoms with Gasteiger partial charge in [-0.05, 0) is 43.1 Å². The fourth-order valence-electron chi connectivity index (χ4n) is 2.64. The minimum Gasteiger partial charge on any atom is -0.404 e. The second kappa shape index (κ2) is 11.2. The van der Waals surface area contributed by atoms with E-state index in [1.165, 1.54) is 30.4 Å². The molecule has 0 aliphatic heterocycles. The highest BCUT2D eigenvalue weighted by molar-refractivity contribution is 7.98. The second-order valence-corrected chi connectivity index (χ2v) is 7.01. The molecule has 0 spiro atoms. The van der Waals surface area contributed by atoms with Crippen LogP contribution in [0.25, 0.3) is 22.0 Å². The van der Waals surface area contributed by atoms with Crippen molar-refractivity contribution in [2.45, 2.75) is 10.8 Å². The number of fused-ring (bicyclic) bond motifs is 1. The molecule has 0 amide bonds. The number of aromatic nitrogens is 3. The minimum absolute atomic E-state index is 0.260. The molecule has 2 aromatic heterocycles. The average molecular weight is 434 g/mol. The third kappa shape index (κ3) is 5.52. The fourth-order valence-corrected chi connectivity index (χ4v) is 3.48. The highest BCUT2D eigenvalue weighted by Gasteiger charge is 2.06. The van der Waals surface area contributed by atoms with Crippen LogP contribution in [0, 0.1) is 21.6 Å². The Bertz CT molecular complexity index is 1210. The smallest absolute Gasteiger partial charge is 0.142 e. The minimum atomic E-state index is 0.260. The molecule has 0 unspecified atom stereocenters. The van der Waals surface area contributed by atoms with Gasteiger partial charge in [-0.25, -0.2) is 4.68 Å². The Morgan fingerprint density at radius 1 is 1.03 bits per heavy atom. The molecule has 9 nitrogen and oxygen atoms in total. The van der Waals surface area contributed by atoms with Crippen molar-refractivity contribution >= 4 is 53.0 Å². The van der Waals surface area contributed by atoms with Crippen molar-refractivity contribution in [3.63, 3.8) is 0 Å². The fraction of sp³-hybridized carbons (Fsp3) is 0.0476. The van der Waals surface area contributed by atoms with Gasteiger partial charge in [-0.3, -0.25) is 10.4 Å². The first kappa shape index (κ1) is 23.2. The Labute approximate surface area is 183 Å². The molecular weight excluding hydrogens is 410 g/mol. The summed E-state index contributed by atoms with van der Waals surface area (Å²) in [5, 5.41) is 33.8. The molecule has 8 N–H and O–H groups in total. The SMILES string of the molecule is C=N.N=C/C(=C\N)c1cnc2ccc(SCn3nc(/C(C=N)=C/N)ccc3=N)cc2c1. The largest absolute Gasteiger partial charge is 0.404 e. The molecule has 0 aliphatic rings. The van der Waals surface area contributed by atoms with Crippen LogP contribution in [0.3, 0.4) is 0 Å². The maximum atomic E-state index is 8.07. The van der Waals surface area contributed by atoms with Crippen LogP contribution in [-0.4, -0.2) is 33.9 Å². The molecule has 1 aromatic carbocycles. The van der Waals surface area contributed by atoms with E-state index in [9.17, 15) is 0 Å². The molecule has 0 aliphatic carbocycles. The van der Waals surface area contributed by atoms with E-state index >= 15 is 0 Å². The topological polar surface area (TPSA) is 178 Å². The molecular formula is C21H23N9S. The van der Waals surface area contributed by atoms with Crippen molar-refractivity contribution in [3.05, 3.63) is 71.7 Å². The van der Waals surface area contributed by atoms with Crippen molar-refractivity contribution < 1.29 is 0 Å².